The average molecular weight is 280 g/mol. The van der Waals surface area contributed by atoms with E-state index in [0.29, 0.717) is 18.8 Å². The molecule has 0 aromatic carbocycles. The van der Waals surface area contributed by atoms with E-state index in [4.69, 9.17) is 5.11 Å². The molecule has 1 aromatic heterocycles. The second-order valence-electron chi connectivity index (χ2n) is 5.07. The summed E-state index contributed by atoms with van der Waals surface area (Å²) in [5.74, 6) is -0.265. The van der Waals surface area contributed by atoms with E-state index in [1.54, 1.807) is 4.90 Å². The lowest BCUT2D eigenvalue weighted by molar-refractivity contribution is 0.0692. The maximum atomic E-state index is 12.3. The van der Waals surface area contributed by atoms with Crippen molar-refractivity contribution in [3.63, 3.8) is 0 Å². The van der Waals surface area contributed by atoms with Crippen molar-refractivity contribution in [2.24, 2.45) is 0 Å². The van der Waals surface area contributed by atoms with Crippen LogP contribution < -0.4 is 0 Å². The number of hydrogen-bond donors (Lipinski definition) is 1. The SMILES string of the molecule is CC1(C)CN(C(=O)c2ccc(C(=O)O)cn2)CCS1. The molecule has 1 N–H and O–H groups in total. The van der Waals surface area contributed by atoms with E-state index in [0.717, 1.165) is 5.75 Å². The van der Waals surface area contributed by atoms with Crippen LogP contribution in [-0.4, -0.2) is 50.5 Å². The Morgan fingerprint density at radius 3 is 2.68 bits per heavy atom. The van der Waals surface area contributed by atoms with E-state index in [1.807, 2.05) is 11.8 Å². The van der Waals surface area contributed by atoms with Gasteiger partial charge >= 0.3 is 5.97 Å². The number of hydrogen-bond acceptors (Lipinski definition) is 4. The number of amides is 1. The van der Waals surface area contributed by atoms with Gasteiger partial charge in [-0.2, -0.15) is 11.8 Å². The molecule has 1 aliphatic rings. The number of carboxylic acids is 1. The molecule has 1 amide bonds. The summed E-state index contributed by atoms with van der Waals surface area (Å²) >= 11 is 1.85. The van der Waals surface area contributed by atoms with E-state index in [9.17, 15) is 9.59 Å². The number of pyridine rings is 1. The standard InChI is InChI=1S/C13H16N2O3S/c1-13(2)8-15(5-6-19-13)11(16)10-4-3-9(7-14-10)12(17)18/h3-4,7H,5-6,8H2,1-2H3,(H,17,18). The summed E-state index contributed by atoms with van der Waals surface area (Å²) in [6.07, 6.45) is 1.22. The highest BCUT2D eigenvalue weighted by Crippen LogP contribution is 2.29. The minimum Gasteiger partial charge on any atom is -0.478 e. The van der Waals surface area contributed by atoms with Gasteiger partial charge in [0.15, 0.2) is 0 Å². The van der Waals surface area contributed by atoms with Gasteiger partial charge in [-0.3, -0.25) is 9.78 Å². The molecule has 6 heteroatoms. The van der Waals surface area contributed by atoms with Crippen LogP contribution in [0, 0.1) is 0 Å². The number of aromatic carboxylic acids is 1. The summed E-state index contributed by atoms with van der Waals surface area (Å²) < 4.78 is 0.0505. The van der Waals surface area contributed by atoms with Gasteiger partial charge < -0.3 is 10.0 Å². The Labute approximate surface area is 116 Å². The first-order valence-electron chi connectivity index (χ1n) is 6.02. The van der Waals surface area contributed by atoms with Gasteiger partial charge in [0.05, 0.1) is 5.56 Å². The molecule has 0 radical (unpaired) electrons. The molecule has 0 aliphatic carbocycles. The number of carbonyl (C=O) groups excluding carboxylic acids is 1. The number of thioether (sulfide) groups is 1. The number of aromatic nitrogens is 1. The fraction of sp³-hybridized carbons (Fsp3) is 0.462. The molecular formula is C13H16N2O3S. The van der Waals surface area contributed by atoms with Gasteiger partial charge in [-0.05, 0) is 26.0 Å². The first-order chi connectivity index (χ1) is 8.89. The maximum Gasteiger partial charge on any atom is 0.337 e. The number of carbonyl (C=O) groups is 2. The average Bonchev–Trinajstić information content (AvgIpc) is 2.37. The smallest absolute Gasteiger partial charge is 0.337 e. The van der Waals surface area contributed by atoms with Gasteiger partial charge in [0.1, 0.15) is 5.69 Å². The summed E-state index contributed by atoms with van der Waals surface area (Å²) in [5, 5.41) is 8.79. The van der Waals surface area contributed by atoms with Crippen LogP contribution in [0.4, 0.5) is 0 Å². The van der Waals surface area contributed by atoms with Crippen LogP contribution in [0.15, 0.2) is 18.3 Å². The third-order valence-corrected chi connectivity index (χ3v) is 4.24. The summed E-state index contributed by atoms with van der Waals surface area (Å²) in [6.45, 7) is 5.60. The van der Waals surface area contributed by atoms with Crippen LogP contribution in [0.5, 0.6) is 0 Å². The molecule has 5 nitrogen and oxygen atoms in total. The quantitative estimate of drug-likeness (QED) is 0.893. The lowest BCUT2D eigenvalue weighted by atomic mass is 10.1. The number of carboxylic acid groups (broad SMARTS) is 1. The number of nitrogens with zero attached hydrogens (tertiary/aromatic N) is 2. The first kappa shape index (κ1) is 13.9. The van der Waals surface area contributed by atoms with E-state index >= 15 is 0 Å². The Balaban J connectivity index is 2.13. The van der Waals surface area contributed by atoms with Crippen LogP contribution >= 0.6 is 11.8 Å². The predicted molar refractivity (Wildman–Crippen MR) is 73.6 cm³/mol. The molecule has 1 fully saturated rings. The van der Waals surface area contributed by atoms with Crippen molar-refractivity contribution in [2.75, 3.05) is 18.8 Å². The molecule has 1 aromatic rings. The van der Waals surface area contributed by atoms with Crippen molar-refractivity contribution in [3.8, 4) is 0 Å². The lowest BCUT2D eigenvalue weighted by Crippen LogP contribution is -2.46. The number of rotatable bonds is 2. The summed E-state index contributed by atoms with van der Waals surface area (Å²) in [5.41, 5.74) is 0.388. The van der Waals surface area contributed by atoms with Crippen LogP contribution in [0.2, 0.25) is 0 Å². The molecule has 102 valence electrons. The molecule has 2 heterocycles. The van der Waals surface area contributed by atoms with Crippen molar-refractivity contribution in [3.05, 3.63) is 29.6 Å². The molecule has 1 aliphatic heterocycles. The van der Waals surface area contributed by atoms with Crippen LogP contribution in [0.1, 0.15) is 34.7 Å². The lowest BCUT2D eigenvalue weighted by Gasteiger charge is -2.37. The molecule has 2 rings (SSSR count). The van der Waals surface area contributed by atoms with Gasteiger partial charge in [-0.25, -0.2) is 4.79 Å². The summed E-state index contributed by atoms with van der Waals surface area (Å²) in [4.78, 5) is 28.7. The zero-order valence-corrected chi connectivity index (χ0v) is 11.7. The normalized spacial score (nSPS) is 18.1. The Hall–Kier alpha value is -1.56. The Kier molecular flexibility index (Phi) is 3.80. The second-order valence-corrected chi connectivity index (χ2v) is 6.87. The highest BCUT2D eigenvalue weighted by Gasteiger charge is 2.30. The van der Waals surface area contributed by atoms with Crippen molar-refractivity contribution in [1.29, 1.82) is 0 Å². The topological polar surface area (TPSA) is 70.5 Å². The molecule has 0 unspecified atom stereocenters. The minimum absolute atomic E-state index is 0.0505. The molecule has 0 bridgehead atoms. The Bertz CT molecular complexity index is 499. The molecular weight excluding hydrogens is 264 g/mol. The second kappa shape index (κ2) is 5.21. The predicted octanol–water partition coefficient (Wildman–Crippen LogP) is 1.75. The highest BCUT2D eigenvalue weighted by molar-refractivity contribution is 8.00. The molecule has 19 heavy (non-hydrogen) atoms. The monoisotopic (exact) mass is 280 g/mol. The third-order valence-electron chi connectivity index (χ3n) is 2.94. The van der Waals surface area contributed by atoms with E-state index in [-0.39, 0.29) is 16.2 Å². The molecule has 0 saturated carbocycles. The van der Waals surface area contributed by atoms with Crippen LogP contribution in [-0.2, 0) is 0 Å². The maximum absolute atomic E-state index is 12.3. The fourth-order valence-corrected chi connectivity index (χ4v) is 3.11. The van der Waals surface area contributed by atoms with E-state index in [2.05, 4.69) is 18.8 Å². The van der Waals surface area contributed by atoms with Gasteiger partial charge in [0.25, 0.3) is 5.91 Å². The summed E-state index contributed by atoms with van der Waals surface area (Å²) in [7, 11) is 0. The van der Waals surface area contributed by atoms with E-state index < -0.39 is 5.97 Å². The van der Waals surface area contributed by atoms with Gasteiger partial charge in [-0.1, -0.05) is 0 Å². The summed E-state index contributed by atoms with van der Waals surface area (Å²) in [6, 6.07) is 2.88. The van der Waals surface area contributed by atoms with Gasteiger partial charge in [-0.15, -0.1) is 0 Å². The van der Waals surface area contributed by atoms with Crippen LogP contribution in [0.3, 0.4) is 0 Å². The van der Waals surface area contributed by atoms with Crippen molar-refractivity contribution in [1.82, 2.24) is 9.88 Å². The van der Waals surface area contributed by atoms with E-state index in [1.165, 1.54) is 18.3 Å². The highest BCUT2D eigenvalue weighted by atomic mass is 32.2. The minimum atomic E-state index is -1.04. The van der Waals surface area contributed by atoms with Gasteiger partial charge in [0, 0.05) is 29.8 Å². The van der Waals surface area contributed by atoms with Crippen LogP contribution in [0.25, 0.3) is 0 Å². The fourth-order valence-electron chi connectivity index (χ4n) is 2.00. The van der Waals surface area contributed by atoms with Crippen molar-refractivity contribution < 1.29 is 14.7 Å². The largest absolute Gasteiger partial charge is 0.478 e. The Morgan fingerprint density at radius 1 is 1.42 bits per heavy atom. The van der Waals surface area contributed by atoms with Gasteiger partial charge in [0.2, 0.25) is 0 Å². The van der Waals surface area contributed by atoms with Crippen molar-refractivity contribution >= 4 is 23.6 Å². The molecule has 1 saturated heterocycles. The first-order valence-corrected chi connectivity index (χ1v) is 7.00. The molecule has 0 spiro atoms. The van der Waals surface area contributed by atoms with Crippen molar-refractivity contribution in [2.45, 2.75) is 18.6 Å². The zero-order chi connectivity index (χ0) is 14.0. The zero-order valence-electron chi connectivity index (χ0n) is 10.9. The Morgan fingerprint density at radius 2 is 2.16 bits per heavy atom. The third kappa shape index (κ3) is 3.26. The molecule has 0 atom stereocenters.